The van der Waals surface area contributed by atoms with Crippen molar-refractivity contribution in [2.24, 2.45) is 11.7 Å². The number of nitrogens with two attached hydrogens (primary N) is 1. The molecule has 1 atom stereocenters. The molecule has 4 nitrogen and oxygen atoms in total. The van der Waals surface area contributed by atoms with Gasteiger partial charge >= 0.3 is 6.03 Å². The maximum atomic E-state index is 12.0. The first-order valence-electron chi connectivity index (χ1n) is 6.45. The molecule has 92 valence electrons. The van der Waals surface area contributed by atoms with Crippen LogP contribution in [-0.4, -0.2) is 36.6 Å². The molecule has 0 aromatic rings. The molecule has 2 aliphatic carbocycles. The highest BCUT2D eigenvalue weighted by Crippen LogP contribution is 2.34. The summed E-state index contributed by atoms with van der Waals surface area (Å²) in [5.41, 5.74) is 5.74. The molecule has 0 aromatic carbocycles. The lowest BCUT2D eigenvalue weighted by Crippen LogP contribution is -2.50. The van der Waals surface area contributed by atoms with Crippen LogP contribution in [0, 0.1) is 5.92 Å². The fourth-order valence-corrected chi connectivity index (χ4v) is 2.64. The standard InChI is InChI=1S/C12H23N3O/c1-15(11(8-13)9-6-7-9)12(16)14-10-4-2-3-5-10/h9-11H,2-8,13H2,1H3,(H,14,16). The molecule has 2 rings (SSSR count). The zero-order valence-electron chi connectivity index (χ0n) is 10.1. The van der Waals surface area contributed by atoms with Crippen LogP contribution in [0.4, 0.5) is 4.79 Å². The van der Waals surface area contributed by atoms with Crippen LogP contribution < -0.4 is 11.1 Å². The highest BCUT2D eigenvalue weighted by molar-refractivity contribution is 5.74. The van der Waals surface area contributed by atoms with Gasteiger partial charge in [0.25, 0.3) is 0 Å². The van der Waals surface area contributed by atoms with Gasteiger partial charge in [0.1, 0.15) is 0 Å². The summed E-state index contributed by atoms with van der Waals surface area (Å²) in [6.45, 7) is 0.583. The number of carbonyl (C=O) groups excluding carboxylic acids is 1. The van der Waals surface area contributed by atoms with E-state index in [1.807, 2.05) is 11.9 Å². The summed E-state index contributed by atoms with van der Waals surface area (Å²) < 4.78 is 0. The summed E-state index contributed by atoms with van der Waals surface area (Å²) in [7, 11) is 1.88. The maximum absolute atomic E-state index is 12.0. The normalized spacial score (nSPS) is 23.1. The van der Waals surface area contributed by atoms with Crippen molar-refractivity contribution in [3.05, 3.63) is 0 Å². The second-order valence-electron chi connectivity index (χ2n) is 5.18. The molecule has 0 heterocycles. The monoisotopic (exact) mass is 225 g/mol. The van der Waals surface area contributed by atoms with Crippen LogP contribution in [0.15, 0.2) is 0 Å². The second-order valence-corrected chi connectivity index (χ2v) is 5.18. The Hall–Kier alpha value is -0.770. The van der Waals surface area contributed by atoms with E-state index in [4.69, 9.17) is 5.73 Å². The van der Waals surface area contributed by atoms with Crippen LogP contribution in [0.1, 0.15) is 38.5 Å². The van der Waals surface area contributed by atoms with Gasteiger partial charge in [-0.25, -0.2) is 4.79 Å². The summed E-state index contributed by atoms with van der Waals surface area (Å²) in [6, 6.07) is 0.697. The van der Waals surface area contributed by atoms with E-state index in [0.717, 1.165) is 12.8 Å². The Labute approximate surface area is 97.6 Å². The summed E-state index contributed by atoms with van der Waals surface area (Å²) >= 11 is 0. The third-order valence-electron chi connectivity index (χ3n) is 3.91. The Balaban J connectivity index is 1.82. The Morgan fingerprint density at radius 3 is 2.50 bits per heavy atom. The van der Waals surface area contributed by atoms with Crippen LogP contribution in [0.2, 0.25) is 0 Å². The van der Waals surface area contributed by atoms with Gasteiger partial charge in [-0.2, -0.15) is 0 Å². The van der Waals surface area contributed by atoms with Crippen LogP contribution in [-0.2, 0) is 0 Å². The van der Waals surface area contributed by atoms with Gasteiger partial charge in [0, 0.05) is 25.7 Å². The maximum Gasteiger partial charge on any atom is 0.317 e. The minimum atomic E-state index is 0.0641. The molecule has 2 amide bonds. The van der Waals surface area contributed by atoms with Crippen molar-refractivity contribution >= 4 is 6.03 Å². The molecule has 16 heavy (non-hydrogen) atoms. The first kappa shape index (κ1) is 11.7. The number of urea groups is 1. The molecule has 4 heteroatoms. The molecule has 2 aliphatic rings. The average molecular weight is 225 g/mol. The molecular weight excluding hydrogens is 202 g/mol. The van der Waals surface area contributed by atoms with Gasteiger partial charge in [0.15, 0.2) is 0 Å². The Bertz CT molecular complexity index is 247. The van der Waals surface area contributed by atoms with E-state index in [1.54, 1.807) is 0 Å². The number of carbonyl (C=O) groups is 1. The smallest absolute Gasteiger partial charge is 0.317 e. The van der Waals surface area contributed by atoms with E-state index in [9.17, 15) is 4.79 Å². The Morgan fingerprint density at radius 2 is 2.00 bits per heavy atom. The molecule has 0 aromatic heterocycles. The van der Waals surface area contributed by atoms with Gasteiger partial charge in [-0.15, -0.1) is 0 Å². The third kappa shape index (κ3) is 2.67. The topological polar surface area (TPSA) is 58.4 Å². The van der Waals surface area contributed by atoms with Crippen molar-refractivity contribution in [1.29, 1.82) is 0 Å². The number of nitrogens with one attached hydrogen (secondary N) is 1. The van der Waals surface area contributed by atoms with Crippen LogP contribution in [0.25, 0.3) is 0 Å². The van der Waals surface area contributed by atoms with Crippen molar-refractivity contribution in [3.8, 4) is 0 Å². The molecule has 0 bridgehead atoms. The van der Waals surface area contributed by atoms with Crippen molar-refractivity contribution in [2.75, 3.05) is 13.6 Å². The molecule has 0 radical (unpaired) electrons. The predicted octanol–water partition coefficient (Wildman–Crippen LogP) is 1.31. The van der Waals surface area contributed by atoms with E-state index < -0.39 is 0 Å². The third-order valence-corrected chi connectivity index (χ3v) is 3.91. The molecule has 2 saturated carbocycles. The van der Waals surface area contributed by atoms with E-state index in [1.165, 1.54) is 25.7 Å². The zero-order chi connectivity index (χ0) is 11.5. The Morgan fingerprint density at radius 1 is 1.38 bits per heavy atom. The zero-order valence-corrected chi connectivity index (χ0v) is 10.1. The van der Waals surface area contributed by atoms with Gasteiger partial charge in [0.05, 0.1) is 0 Å². The largest absolute Gasteiger partial charge is 0.335 e. The predicted molar refractivity (Wildman–Crippen MR) is 64.1 cm³/mol. The fourth-order valence-electron chi connectivity index (χ4n) is 2.64. The highest BCUT2D eigenvalue weighted by atomic mass is 16.2. The average Bonchev–Trinajstić information content (AvgIpc) is 2.97. The first-order chi connectivity index (χ1) is 7.72. The summed E-state index contributed by atoms with van der Waals surface area (Å²) in [5, 5.41) is 3.11. The minimum absolute atomic E-state index is 0.0641. The lowest BCUT2D eigenvalue weighted by atomic mass is 10.1. The first-order valence-corrected chi connectivity index (χ1v) is 6.45. The SMILES string of the molecule is CN(C(=O)NC1CCCC1)C(CN)C1CC1. The molecule has 0 saturated heterocycles. The quantitative estimate of drug-likeness (QED) is 0.758. The van der Waals surface area contributed by atoms with E-state index in [2.05, 4.69) is 5.32 Å². The van der Waals surface area contributed by atoms with Crippen LogP contribution in [0.5, 0.6) is 0 Å². The molecule has 2 fully saturated rings. The summed E-state index contributed by atoms with van der Waals surface area (Å²) in [5.74, 6) is 0.643. The van der Waals surface area contributed by atoms with Crippen molar-refractivity contribution in [1.82, 2.24) is 10.2 Å². The summed E-state index contributed by atoms with van der Waals surface area (Å²) in [6.07, 6.45) is 7.22. The number of rotatable bonds is 4. The molecular formula is C12H23N3O. The molecule has 1 unspecified atom stereocenters. The fraction of sp³-hybridized carbons (Fsp3) is 0.917. The number of hydrogen-bond acceptors (Lipinski definition) is 2. The lowest BCUT2D eigenvalue weighted by Gasteiger charge is -2.28. The van der Waals surface area contributed by atoms with E-state index in [0.29, 0.717) is 18.5 Å². The highest BCUT2D eigenvalue weighted by Gasteiger charge is 2.35. The van der Waals surface area contributed by atoms with Crippen LogP contribution in [0.3, 0.4) is 0 Å². The van der Waals surface area contributed by atoms with Crippen molar-refractivity contribution in [2.45, 2.75) is 50.6 Å². The molecule has 3 N–H and O–H groups in total. The summed E-state index contributed by atoms with van der Waals surface area (Å²) in [4.78, 5) is 13.8. The van der Waals surface area contributed by atoms with Crippen molar-refractivity contribution < 1.29 is 4.79 Å². The number of amides is 2. The lowest BCUT2D eigenvalue weighted by molar-refractivity contribution is 0.181. The van der Waals surface area contributed by atoms with Gasteiger partial charge in [0.2, 0.25) is 0 Å². The number of nitrogens with zero attached hydrogens (tertiary/aromatic N) is 1. The number of likely N-dealkylation sites (N-methyl/N-ethyl adjacent to an activating group) is 1. The van der Waals surface area contributed by atoms with Gasteiger partial charge in [-0.3, -0.25) is 0 Å². The van der Waals surface area contributed by atoms with Gasteiger partial charge < -0.3 is 16.0 Å². The van der Waals surface area contributed by atoms with Crippen LogP contribution >= 0.6 is 0 Å². The van der Waals surface area contributed by atoms with Crippen molar-refractivity contribution in [3.63, 3.8) is 0 Å². The number of hydrogen-bond donors (Lipinski definition) is 2. The van der Waals surface area contributed by atoms with Gasteiger partial charge in [-0.1, -0.05) is 12.8 Å². The second kappa shape index (κ2) is 5.04. The van der Waals surface area contributed by atoms with E-state index in [-0.39, 0.29) is 12.1 Å². The minimum Gasteiger partial charge on any atom is -0.335 e. The van der Waals surface area contributed by atoms with E-state index >= 15 is 0 Å². The van der Waals surface area contributed by atoms with Gasteiger partial charge in [-0.05, 0) is 31.6 Å². The molecule has 0 spiro atoms. The Kier molecular flexibility index (Phi) is 3.69. The molecule has 0 aliphatic heterocycles.